The molecule has 0 atom stereocenters. The Bertz CT molecular complexity index is 522. The van der Waals surface area contributed by atoms with Gasteiger partial charge in [0.25, 0.3) is 0 Å². The van der Waals surface area contributed by atoms with Gasteiger partial charge < -0.3 is 0 Å². The molecule has 2 aromatic rings. The number of fused-ring (bicyclic) bond motifs is 1. The molecule has 0 unspecified atom stereocenters. The monoisotopic (exact) mass is 282 g/mol. The normalized spacial score (nSPS) is 10.5. The van der Waals surface area contributed by atoms with Crippen molar-refractivity contribution in [2.45, 2.75) is 0 Å². The Balaban J connectivity index is 2.57. The lowest BCUT2D eigenvalue weighted by Crippen LogP contribution is -1.98. The maximum Gasteiger partial charge on any atom is 0.173 e. The van der Waals surface area contributed by atoms with Crippen molar-refractivity contribution >= 4 is 44.1 Å². The van der Waals surface area contributed by atoms with Gasteiger partial charge in [0.2, 0.25) is 0 Å². The number of hydrogen-bond acceptors (Lipinski definition) is 1. The number of alkyl halides is 1. The molecule has 0 heterocycles. The molecule has 0 fully saturated rings. The molecule has 0 aliphatic rings. The van der Waals surface area contributed by atoms with Gasteiger partial charge in [-0.15, -0.1) is 0 Å². The molecule has 76 valence electrons. The number of Topliss-reactive ketones (excluding diaryl/α,β-unsaturated/α-hetero) is 1. The van der Waals surface area contributed by atoms with E-state index in [1.165, 1.54) is 0 Å². The molecule has 0 aliphatic heterocycles. The summed E-state index contributed by atoms with van der Waals surface area (Å²) < 4.78 is 0. The second kappa shape index (κ2) is 4.33. The fraction of sp³-hybridized carbons (Fsp3) is 0.0833. The zero-order valence-corrected chi connectivity index (χ0v) is 10.2. The van der Waals surface area contributed by atoms with Crippen molar-refractivity contribution in [2.24, 2.45) is 0 Å². The SMILES string of the molecule is O=C(CBr)c1ccc2cc(Cl)ccc2c1. The number of benzene rings is 2. The summed E-state index contributed by atoms with van der Waals surface area (Å²) in [6.07, 6.45) is 0. The summed E-state index contributed by atoms with van der Waals surface area (Å²) in [4.78, 5) is 11.5. The van der Waals surface area contributed by atoms with Gasteiger partial charge in [-0.3, -0.25) is 4.79 Å². The number of halogens is 2. The first kappa shape index (κ1) is 10.7. The highest BCUT2D eigenvalue weighted by Crippen LogP contribution is 2.20. The zero-order valence-electron chi connectivity index (χ0n) is 7.84. The van der Waals surface area contributed by atoms with Gasteiger partial charge in [-0.25, -0.2) is 0 Å². The van der Waals surface area contributed by atoms with E-state index in [9.17, 15) is 4.79 Å². The summed E-state index contributed by atoms with van der Waals surface area (Å²) in [5.74, 6) is 0.0897. The third-order valence-corrected chi connectivity index (χ3v) is 2.99. The molecule has 0 spiro atoms. The topological polar surface area (TPSA) is 17.1 Å². The Morgan fingerprint density at radius 3 is 2.53 bits per heavy atom. The van der Waals surface area contributed by atoms with Crippen LogP contribution in [0.2, 0.25) is 5.02 Å². The molecule has 0 saturated carbocycles. The lowest BCUT2D eigenvalue weighted by atomic mass is 10.1. The molecule has 0 amide bonds. The van der Waals surface area contributed by atoms with Crippen LogP contribution in [0.15, 0.2) is 36.4 Å². The number of hydrogen-bond donors (Lipinski definition) is 0. The molecule has 0 saturated heterocycles. The fourth-order valence-electron chi connectivity index (χ4n) is 1.47. The van der Waals surface area contributed by atoms with E-state index in [1.807, 2.05) is 36.4 Å². The quantitative estimate of drug-likeness (QED) is 0.600. The standard InChI is InChI=1S/C12H8BrClO/c13-7-12(15)10-2-1-9-6-11(14)4-3-8(9)5-10/h1-6H,7H2. The molecule has 3 heteroatoms. The second-order valence-electron chi connectivity index (χ2n) is 3.26. The molecule has 1 nitrogen and oxygen atoms in total. The van der Waals surface area contributed by atoms with Crippen molar-refractivity contribution in [3.8, 4) is 0 Å². The van der Waals surface area contributed by atoms with E-state index in [1.54, 1.807) is 0 Å². The van der Waals surface area contributed by atoms with E-state index in [0.29, 0.717) is 10.4 Å². The van der Waals surface area contributed by atoms with Gasteiger partial charge in [0.05, 0.1) is 5.33 Å². The third-order valence-electron chi connectivity index (χ3n) is 2.25. The molecule has 2 rings (SSSR count). The van der Waals surface area contributed by atoms with Crippen LogP contribution in [0.25, 0.3) is 10.8 Å². The summed E-state index contributed by atoms with van der Waals surface area (Å²) in [6, 6.07) is 11.3. The summed E-state index contributed by atoms with van der Waals surface area (Å²) in [5.41, 5.74) is 0.724. The average molecular weight is 284 g/mol. The van der Waals surface area contributed by atoms with Crippen molar-refractivity contribution in [2.75, 3.05) is 5.33 Å². The van der Waals surface area contributed by atoms with Gasteiger partial charge in [0.15, 0.2) is 5.78 Å². The minimum absolute atomic E-state index is 0.0897. The van der Waals surface area contributed by atoms with Crippen molar-refractivity contribution in [3.63, 3.8) is 0 Å². The van der Waals surface area contributed by atoms with Crippen molar-refractivity contribution < 1.29 is 4.79 Å². The molecule has 2 aromatic carbocycles. The highest BCUT2D eigenvalue weighted by molar-refractivity contribution is 9.09. The molecule has 0 aromatic heterocycles. The van der Waals surface area contributed by atoms with Gasteiger partial charge in [0.1, 0.15) is 0 Å². The number of carbonyl (C=O) groups excluding carboxylic acids is 1. The van der Waals surface area contributed by atoms with Gasteiger partial charge >= 0.3 is 0 Å². The van der Waals surface area contributed by atoms with Crippen molar-refractivity contribution in [1.29, 1.82) is 0 Å². The first-order valence-corrected chi connectivity index (χ1v) is 5.99. The average Bonchev–Trinajstić information content (AvgIpc) is 2.27. The van der Waals surface area contributed by atoms with E-state index in [4.69, 9.17) is 11.6 Å². The molecular weight excluding hydrogens is 275 g/mol. The van der Waals surface area contributed by atoms with E-state index in [0.717, 1.165) is 16.3 Å². The summed E-state index contributed by atoms with van der Waals surface area (Å²) in [5, 5.41) is 3.15. The van der Waals surface area contributed by atoms with E-state index in [-0.39, 0.29) is 5.78 Å². The first-order valence-electron chi connectivity index (χ1n) is 4.49. The van der Waals surface area contributed by atoms with Gasteiger partial charge in [0, 0.05) is 10.6 Å². The van der Waals surface area contributed by atoms with E-state index in [2.05, 4.69) is 15.9 Å². The third kappa shape index (κ3) is 2.21. The molecular formula is C12H8BrClO. The maximum atomic E-state index is 11.5. The second-order valence-corrected chi connectivity index (χ2v) is 4.26. The minimum atomic E-state index is 0.0897. The van der Waals surface area contributed by atoms with Crippen LogP contribution in [-0.2, 0) is 0 Å². The van der Waals surface area contributed by atoms with Crippen molar-refractivity contribution in [1.82, 2.24) is 0 Å². The molecule has 0 N–H and O–H groups in total. The Hall–Kier alpha value is -0.860. The Morgan fingerprint density at radius 2 is 1.80 bits per heavy atom. The smallest absolute Gasteiger partial charge is 0.173 e. The summed E-state index contributed by atoms with van der Waals surface area (Å²) >= 11 is 9.03. The van der Waals surface area contributed by atoms with Gasteiger partial charge in [-0.2, -0.15) is 0 Å². The highest BCUT2D eigenvalue weighted by atomic mass is 79.9. The number of carbonyl (C=O) groups is 1. The molecule has 0 radical (unpaired) electrons. The zero-order chi connectivity index (χ0) is 10.8. The van der Waals surface area contributed by atoms with Crippen LogP contribution in [0, 0.1) is 0 Å². The molecule has 0 bridgehead atoms. The Labute approximate surface area is 101 Å². The van der Waals surface area contributed by atoms with E-state index < -0.39 is 0 Å². The Kier molecular flexibility index (Phi) is 3.08. The van der Waals surface area contributed by atoms with Crippen LogP contribution in [0.4, 0.5) is 0 Å². The largest absolute Gasteiger partial charge is 0.293 e. The van der Waals surface area contributed by atoms with E-state index >= 15 is 0 Å². The molecule has 15 heavy (non-hydrogen) atoms. The van der Waals surface area contributed by atoms with Crippen LogP contribution >= 0.6 is 27.5 Å². The van der Waals surface area contributed by atoms with Gasteiger partial charge in [-0.1, -0.05) is 45.7 Å². The number of rotatable bonds is 2. The van der Waals surface area contributed by atoms with Crippen molar-refractivity contribution in [3.05, 3.63) is 47.0 Å². The number of ketones is 1. The minimum Gasteiger partial charge on any atom is -0.293 e. The predicted molar refractivity (Wildman–Crippen MR) is 67.1 cm³/mol. The predicted octanol–water partition coefficient (Wildman–Crippen LogP) is 4.07. The Morgan fingerprint density at radius 1 is 1.13 bits per heavy atom. The highest BCUT2D eigenvalue weighted by Gasteiger charge is 2.04. The summed E-state index contributed by atoms with van der Waals surface area (Å²) in [7, 11) is 0. The van der Waals surface area contributed by atoms with Crippen LogP contribution in [0.5, 0.6) is 0 Å². The lowest BCUT2D eigenvalue weighted by molar-refractivity contribution is 0.102. The van der Waals surface area contributed by atoms with Gasteiger partial charge in [-0.05, 0) is 29.0 Å². The summed E-state index contributed by atoms with van der Waals surface area (Å²) in [6.45, 7) is 0. The van der Waals surface area contributed by atoms with Crippen LogP contribution < -0.4 is 0 Å². The lowest BCUT2D eigenvalue weighted by Gasteiger charge is -2.01. The molecule has 0 aliphatic carbocycles. The van der Waals surface area contributed by atoms with Crippen LogP contribution in [0.1, 0.15) is 10.4 Å². The first-order chi connectivity index (χ1) is 7.20. The maximum absolute atomic E-state index is 11.5. The fourth-order valence-corrected chi connectivity index (χ4v) is 1.97. The van der Waals surface area contributed by atoms with Crippen LogP contribution in [0.3, 0.4) is 0 Å². The van der Waals surface area contributed by atoms with Crippen LogP contribution in [-0.4, -0.2) is 11.1 Å².